The summed E-state index contributed by atoms with van der Waals surface area (Å²) in [4.78, 5) is 44.3. The molecule has 0 spiro atoms. The lowest BCUT2D eigenvalue weighted by Crippen LogP contribution is -2.45. The van der Waals surface area contributed by atoms with Crippen LogP contribution in [0.2, 0.25) is 0 Å². The van der Waals surface area contributed by atoms with E-state index < -0.39 is 53.7 Å². The first kappa shape index (κ1) is 30.1. The Morgan fingerprint density at radius 1 is 0.791 bits per heavy atom. The van der Waals surface area contributed by atoms with Gasteiger partial charge in [-0.1, -0.05) is 54.6 Å². The van der Waals surface area contributed by atoms with E-state index in [0.29, 0.717) is 11.5 Å². The Balaban J connectivity index is 1.26. The molecule has 226 valence electrons. The minimum atomic E-state index is -1.18. The number of H-pyrrole nitrogens is 1. The van der Waals surface area contributed by atoms with Gasteiger partial charge in [0.1, 0.15) is 5.82 Å². The van der Waals surface area contributed by atoms with Gasteiger partial charge in [0.15, 0.2) is 36.0 Å². The lowest BCUT2D eigenvalue weighted by Gasteiger charge is -2.17. The average Bonchev–Trinajstić information content (AvgIpc) is 3.66. The molecular formula is C31H35N5O7. The van der Waals surface area contributed by atoms with Crippen LogP contribution in [-0.4, -0.2) is 57.6 Å². The number of amides is 3. The Morgan fingerprint density at radius 2 is 1.30 bits per heavy atom. The second-order valence-corrected chi connectivity index (χ2v) is 11.3. The van der Waals surface area contributed by atoms with Crippen LogP contribution in [0.1, 0.15) is 52.1 Å². The molecule has 12 nitrogen and oxygen atoms in total. The molecule has 5 rings (SSSR count). The molecule has 2 aliphatic heterocycles. The molecule has 3 amide bonds. The van der Waals surface area contributed by atoms with Crippen LogP contribution in [0, 0.1) is 0 Å². The van der Waals surface area contributed by atoms with Crippen LogP contribution in [0.5, 0.6) is 0 Å². The number of hydrogen-bond acceptors (Lipinski definition) is 8. The van der Waals surface area contributed by atoms with Crippen molar-refractivity contribution < 1.29 is 33.3 Å². The number of rotatable bonds is 8. The Kier molecular flexibility index (Phi) is 7.97. The molecule has 4 atom stereocenters. The molecular weight excluding hydrogens is 554 g/mol. The Labute approximate surface area is 248 Å². The zero-order chi connectivity index (χ0) is 31.1. The van der Waals surface area contributed by atoms with Gasteiger partial charge in [-0.05, 0) is 56.9 Å². The third-order valence-corrected chi connectivity index (χ3v) is 7.15. The number of imidazole rings is 1. The maximum atomic E-state index is 13.0. The van der Waals surface area contributed by atoms with Gasteiger partial charge in [0.25, 0.3) is 5.91 Å². The van der Waals surface area contributed by atoms with Crippen molar-refractivity contribution in [2.75, 3.05) is 0 Å². The maximum Gasteiger partial charge on any atom is 0.256 e. The van der Waals surface area contributed by atoms with Crippen LogP contribution in [0.4, 0.5) is 0 Å². The Hall–Kier alpha value is -4.36. The molecule has 2 fully saturated rings. The third-order valence-electron chi connectivity index (χ3n) is 7.15. The first-order chi connectivity index (χ1) is 20.3. The van der Waals surface area contributed by atoms with Crippen molar-refractivity contribution >= 4 is 23.4 Å². The summed E-state index contributed by atoms with van der Waals surface area (Å²) in [6.45, 7) is 8.47. The summed E-state index contributed by atoms with van der Waals surface area (Å²) >= 11 is 0. The number of aromatic nitrogens is 2. The van der Waals surface area contributed by atoms with E-state index >= 15 is 0 Å². The summed E-state index contributed by atoms with van der Waals surface area (Å²) in [5.74, 6) is -3.53. The quantitative estimate of drug-likeness (QED) is 0.309. The minimum Gasteiger partial charge on any atom is -0.367 e. The standard InChI is InChI=1S/C31H35N5O7/c1-6-20(36-29(39)25-23(27(33)38)41-31(4,5)43-25)18-11-7-16(8-12-18)17-9-13-19(14-10-17)21-15-34-28(35-21)24-22(26(32)37)40-30(2,3)42-24/h6-15,22-25H,1-5H3,(H2,32,37)(H2,33,38)(H,34,35)(H,36,39)/b20-6-/t22-,23-,24-,25-/m1/s1. The highest BCUT2D eigenvalue weighted by atomic mass is 16.8. The number of primary amides is 2. The smallest absolute Gasteiger partial charge is 0.256 e. The topological polar surface area (TPSA) is 181 Å². The van der Waals surface area contributed by atoms with Crippen LogP contribution in [0.3, 0.4) is 0 Å². The van der Waals surface area contributed by atoms with Gasteiger partial charge in [0.05, 0.1) is 11.9 Å². The van der Waals surface area contributed by atoms with E-state index in [1.165, 1.54) is 0 Å². The van der Waals surface area contributed by atoms with E-state index in [0.717, 1.165) is 27.9 Å². The molecule has 2 saturated heterocycles. The molecule has 3 heterocycles. The number of aromatic amines is 1. The van der Waals surface area contributed by atoms with Gasteiger partial charge < -0.3 is 40.7 Å². The van der Waals surface area contributed by atoms with Gasteiger partial charge in [0.2, 0.25) is 11.8 Å². The molecule has 6 N–H and O–H groups in total. The lowest BCUT2D eigenvalue weighted by molar-refractivity contribution is -0.158. The summed E-state index contributed by atoms with van der Waals surface area (Å²) in [6, 6.07) is 15.6. The number of nitrogens with one attached hydrogen (secondary N) is 2. The van der Waals surface area contributed by atoms with Crippen molar-refractivity contribution in [3.05, 3.63) is 72.2 Å². The van der Waals surface area contributed by atoms with Crippen LogP contribution < -0.4 is 16.8 Å². The van der Waals surface area contributed by atoms with Gasteiger partial charge in [-0.25, -0.2) is 4.98 Å². The first-order valence-corrected chi connectivity index (χ1v) is 13.8. The van der Waals surface area contributed by atoms with E-state index in [1.54, 1.807) is 46.9 Å². The maximum absolute atomic E-state index is 13.0. The highest BCUT2D eigenvalue weighted by Gasteiger charge is 2.48. The molecule has 0 radical (unpaired) electrons. The van der Waals surface area contributed by atoms with E-state index in [-0.39, 0.29) is 0 Å². The summed E-state index contributed by atoms with van der Waals surface area (Å²) < 4.78 is 22.6. The van der Waals surface area contributed by atoms with Gasteiger partial charge in [-0.3, -0.25) is 14.4 Å². The second kappa shape index (κ2) is 11.4. The Bertz CT molecular complexity index is 1560. The van der Waals surface area contributed by atoms with E-state index in [1.807, 2.05) is 48.5 Å². The molecule has 0 saturated carbocycles. The summed E-state index contributed by atoms with van der Waals surface area (Å²) in [7, 11) is 0. The number of nitrogens with two attached hydrogens (primary N) is 2. The van der Waals surface area contributed by atoms with Crippen molar-refractivity contribution in [3.63, 3.8) is 0 Å². The number of ether oxygens (including phenoxy) is 4. The largest absolute Gasteiger partial charge is 0.367 e. The Morgan fingerprint density at radius 3 is 1.88 bits per heavy atom. The first-order valence-electron chi connectivity index (χ1n) is 13.8. The predicted molar refractivity (Wildman–Crippen MR) is 156 cm³/mol. The van der Waals surface area contributed by atoms with Crippen LogP contribution >= 0.6 is 0 Å². The molecule has 0 aliphatic carbocycles. The van der Waals surface area contributed by atoms with E-state index in [4.69, 9.17) is 30.4 Å². The number of hydrogen-bond donors (Lipinski definition) is 4. The zero-order valence-electron chi connectivity index (χ0n) is 24.5. The third kappa shape index (κ3) is 6.37. The molecule has 43 heavy (non-hydrogen) atoms. The number of carbonyl (C=O) groups excluding carboxylic acids is 3. The summed E-state index contributed by atoms with van der Waals surface area (Å²) in [5, 5.41) is 2.83. The monoisotopic (exact) mass is 589 g/mol. The van der Waals surface area contributed by atoms with Crippen molar-refractivity contribution in [1.29, 1.82) is 0 Å². The van der Waals surface area contributed by atoms with Crippen molar-refractivity contribution in [2.24, 2.45) is 11.5 Å². The highest BCUT2D eigenvalue weighted by Crippen LogP contribution is 2.38. The van der Waals surface area contributed by atoms with Gasteiger partial charge >= 0.3 is 0 Å². The predicted octanol–water partition coefficient (Wildman–Crippen LogP) is 2.90. The van der Waals surface area contributed by atoms with Crippen LogP contribution in [-0.2, 0) is 33.3 Å². The fraction of sp³-hybridized carbons (Fsp3) is 0.355. The number of allylic oxidation sites excluding steroid dienone is 1. The fourth-order valence-electron chi connectivity index (χ4n) is 5.16. The summed E-state index contributed by atoms with van der Waals surface area (Å²) in [6.07, 6.45) is -0.594. The van der Waals surface area contributed by atoms with Gasteiger partial charge in [-0.15, -0.1) is 0 Å². The highest BCUT2D eigenvalue weighted by molar-refractivity contribution is 5.95. The normalized spacial score (nSPS) is 24.5. The number of nitrogens with zero attached hydrogens (tertiary/aromatic N) is 1. The fourth-order valence-corrected chi connectivity index (χ4v) is 5.16. The minimum absolute atomic E-state index is 0.455. The van der Waals surface area contributed by atoms with E-state index in [2.05, 4.69) is 15.3 Å². The van der Waals surface area contributed by atoms with Crippen LogP contribution in [0.25, 0.3) is 28.1 Å². The molecule has 3 aromatic rings. The number of carbonyl (C=O) groups is 3. The van der Waals surface area contributed by atoms with E-state index in [9.17, 15) is 14.4 Å². The summed E-state index contributed by atoms with van der Waals surface area (Å²) in [5.41, 5.74) is 15.8. The van der Waals surface area contributed by atoms with Crippen molar-refractivity contribution in [2.45, 2.75) is 70.6 Å². The van der Waals surface area contributed by atoms with Crippen LogP contribution in [0.15, 0.2) is 60.8 Å². The molecule has 12 heteroatoms. The molecule has 1 aromatic heterocycles. The van der Waals surface area contributed by atoms with Gasteiger partial charge in [-0.2, -0.15) is 0 Å². The van der Waals surface area contributed by atoms with Crippen molar-refractivity contribution in [3.8, 4) is 22.4 Å². The average molecular weight is 590 g/mol. The number of benzene rings is 2. The van der Waals surface area contributed by atoms with Crippen molar-refractivity contribution in [1.82, 2.24) is 15.3 Å². The molecule has 0 bridgehead atoms. The molecule has 2 aliphatic rings. The lowest BCUT2D eigenvalue weighted by atomic mass is 10.0. The van der Waals surface area contributed by atoms with Gasteiger partial charge in [0, 0.05) is 5.70 Å². The molecule has 0 unspecified atom stereocenters. The molecule has 2 aromatic carbocycles. The second-order valence-electron chi connectivity index (χ2n) is 11.3. The zero-order valence-corrected chi connectivity index (χ0v) is 24.5. The SMILES string of the molecule is C/C=C(\NC(=O)[C@@H]1OC(C)(C)O[C@H]1C(N)=O)c1ccc(-c2ccc(-c3cnc([C@@H]4OC(C)(C)O[C@H]4C(N)=O)[nH]3)cc2)cc1.